The third-order valence-corrected chi connectivity index (χ3v) is 5.98. The number of rotatable bonds is 4. The van der Waals surface area contributed by atoms with Gasteiger partial charge < -0.3 is 0 Å². The van der Waals surface area contributed by atoms with Crippen molar-refractivity contribution in [2.75, 3.05) is 11.9 Å². The predicted molar refractivity (Wildman–Crippen MR) is 103 cm³/mol. The van der Waals surface area contributed by atoms with Gasteiger partial charge >= 0.3 is 0 Å². The Morgan fingerprint density at radius 1 is 1.36 bits per heavy atom. The summed E-state index contributed by atoms with van der Waals surface area (Å²) < 4.78 is 0. The molecule has 1 aliphatic rings. The van der Waals surface area contributed by atoms with Crippen LogP contribution in [0, 0.1) is 6.92 Å². The van der Waals surface area contributed by atoms with Crippen molar-refractivity contribution >= 4 is 33.7 Å². The lowest BCUT2D eigenvalue weighted by molar-refractivity contribution is 0.102. The van der Waals surface area contributed by atoms with E-state index in [0.29, 0.717) is 10.7 Å². The van der Waals surface area contributed by atoms with Crippen LogP contribution in [0.4, 0.5) is 5.13 Å². The summed E-state index contributed by atoms with van der Waals surface area (Å²) in [5.74, 6) is -0.0797. The lowest BCUT2D eigenvalue weighted by Gasteiger charge is -2.25. The molecule has 1 aliphatic heterocycles. The molecule has 2 aromatic heterocycles. The molecule has 3 heterocycles. The number of carbonyl (C=O) groups excluding carboxylic acids is 1. The molecule has 0 spiro atoms. The van der Waals surface area contributed by atoms with Crippen LogP contribution in [0.3, 0.4) is 0 Å². The minimum Gasteiger partial charge on any atom is -0.298 e. The van der Waals surface area contributed by atoms with E-state index in [9.17, 15) is 4.79 Å². The van der Waals surface area contributed by atoms with Crippen LogP contribution < -0.4 is 5.32 Å². The van der Waals surface area contributed by atoms with Gasteiger partial charge in [-0.1, -0.05) is 29.8 Å². The average Bonchev–Trinajstić information content (AvgIpc) is 3.23. The van der Waals surface area contributed by atoms with Gasteiger partial charge in [-0.2, -0.15) is 11.3 Å². The molecule has 6 heteroatoms. The quantitative estimate of drug-likeness (QED) is 0.745. The molecule has 128 valence electrons. The Morgan fingerprint density at radius 2 is 2.28 bits per heavy atom. The van der Waals surface area contributed by atoms with Gasteiger partial charge in [0.25, 0.3) is 5.91 Å². The molecule has 0 radical (unpaired) electrons. The van der Waals surface area contributed by atoms with Crippen LogP contribution >= 0.6 is 22.7 Å². The van der Waals surface area contributed by atoms with Crippen molar-refractivity contribution in [1.29, 1.82) is 0 Å². The second-order valence-electron chi connectivity index (χ2n) is 6.30. The maximum Gasteiger partial charge on any atom is 0.258 e. The van der Waals surface area contributed by atoms with Crippen molar-refractivity contribution in [2.45, 2.75) is 26.4 Å². The zero-order chi connectivity index (χ0) is 17.2. The number of thiazole rings is 1. The fraction of sp³-hybridized carbons (Fsp3) is 0.263. The van der Waals surface area contributed by atoms with Gasteiger partial charge in [-0.15, -0.1) is 11.3 Å². The van der Waals surface area contributed by atoms with E-state index >= 15 is 0 Å². The van der Waals surface area contributed by atoms with E-state index in [2.05, 4.69) is 46.4 Å². The number of carbonyl (C=O) groups is 1. The van der Waals surface area contributed by atoms with Crippen LogP contribution in [0.25, 0.3) is 0 Å². The summed E-state index contributed by atoms with van der Waals surface area (Å²) in [6, 6.07) is 10.5. The van der Waals surface area contributed by atoms with Crippen LogP contribution in [0.15, 0.2) is 41.1 Å². The molecule has 3 aromatic rings. The first-order chi connectivity index (χ1) is 12.2. The summed E-state index contributed by atoms with van der Waals surface area (Å²) >= 11 is 3.12. The minimum absolute atomic E-state index is 0.0797. The molecule has 0 saturated heterocycles. The normalized spacial score (nSPS) is 14.3. The average molecular weight is 370 g/mol. The van der Waals surface area contributed by atoms with Crippen molar-refractivity contribution in [3.63, 3.8) is 0 Å². The van der Waals surface area contributed by atoms with Gasteiger partial charge in [0.2, 0.25) is 0 Å². The maximum atomic E-state index is 12.2. The SMILES string of the molecule is Cc1cccc(CN2CCc3nc(NC(=O)c4ccsc4)sc3C2)c1. The van der Waals surface area contributed by atoms with Crippen molar-refractivity contribution in [2.24, 2.45) is 0 Å². The van der Waals surface area contributed by atoms with Crippen LogP contribution in [-0.2, 0) is 19.5 Å². The standard InChI is InChI=1S/C19H19N3OS2/c1-13-3-2-4-14(9-13)10-22-7-5-16-17(11-22)25-19(20-16)21-18(23)15-6-8-24-12-15/h2-4,6,8-9,12H,5,7,10-11H2,1H3,(H,20,21,23). The summed E-state index contributed by atoms with van der Waals surface area (Å²) in [5.41, 5.74) is 4.47. The lowest BCUT2D eigenvalue weighted by Crippen LogP contribution is -2.29. The van der Waals surface area contributed by atoms with E-state index in [0.717, 1.165) is 31.7 Å². The summed E-state index contributed by atoms with van der Waals surface area (Å²) in [7, 11) is 0. The van der Waals surface area contributed by atoms with Crippen molar-refractivity contribution < 1.29 is 4.79 Å². The van der Waals surface area contributed by atoms with Gasteiger partial charge in [0, 0.05) is 36.3 Å². The van der Waals surface area contributed by atoms with Crippen molar-refractivity contribution in [1.82, 2.24) is 9.88 Å². The molecule has 0 bridgehead atoms. The smallest absolute Gasteiger partial charge is 0.258 e. The second-order valence-corrected chi connectivity index (χ2v) is 8.17. The molecule has 0 unspecified atom stereocenters. The molecule has 1 aromatic carbocycles. The van der Waals surface area contributed by atoms with Gasteiger partial charge in [0.15, 0.2) is 5.13 Å². The molecular weight excluding hydrogens is 350 g/mol. The number of nitrogens with one attached hydrogen (secondary N) is 1. The fourth-order valence-electron chi connectivity index (χ4n) is 3.07. The number of aryl methyl sites for hydroxylation is 1. The molecule has 0 saturated carbocycles. The zero-order valence-corrected chi connectivity index (χ0v) is 15.6. The molecule has 4 rings (SSSR count). The van der Waals surface area contributed by atoms with Crippen molar-refractivity contribution in [3.8, 4) is 0 Å². The first kappa shape index (κ1) is 16.4. The summed E-state index contributed by atoms with van der Waals surface area (Å²) in [6.45, 7) is 4.98. The minimum atomic E-state index is -0.0797. The topological polar surface area (TPSA) is 45.2 Å². The van der Waals surface area contributed by atoms with Gasteiger partial charge in [0.05, 0.1) is 11.3 Å². The van der Waals surface area contributed by atoms with Gasteiger partial charge in [-0.3, -0.25) is 15.0 Å². The van der Waals surface area contributed by atoms with E-state index in [1.807, 2.05) is 16.8 Å². The van der Waals surface area contributed by atoms with E-state index in [4.69, 9.17) is 0 Å². The summed E-state index contributed by atoms with van der Waals surface area (Å²) in [5, 5.41) is 7.40. The number of nitrogens with zero attached hydrogens (tertiary/aromatic N) is 2. The molecule has 1 N–H and O–H groups in total. The third kappa shape index (κ3) is 3.81. The molecule has 0 atom stereocenters. The number of anilines is 1. The molecule has 4 nitrogen and oxygen atoms in total. The van der Waals surface area contributed by atoms with E-state index < -0.39 is 0 Å². The van der Waals surface area contributed by atoms with Crippen molar-refractivity contribution in [3.05, 3.63) is 68.4 Å². The largest absolute Gasteiger partial charge is 0.298 e. The molecular formula is C19H19N3OS2. The first-order valence-electron chi connectivity index (χ1n) is 8.27. The number of amides is 1. The van der Waals surface area contributed by atoms with E-state index in [1.165, 1.54) is 27.3 Å². The van der Waals surface area contributed by atoms with Gasteiger partial charge in [0.1, 0.15) is 0 Å². The highest BCUT2D eigenvalue weighted by molar-refractivity contribution is 7.16. The van der Waals surface area contributed by atoms with E-state index in [1.54, 1.807) is 11.3 Å². The monoisotopic (exact) mass is 369 g/mol. The molecule has 0 fully saturated rings. The Balaban J connectivity index is 1.43. The molecule has 25 heavy (non-hydrogen) atoms. The number of hydrogen-bond acceptors (Lipinski definition) is 5. The highest BCUT2D eigenvalue weighted by atomic mass is 32.1. The van der Waals surface area contributed by atoms with Crippen LogP contribution in [0.2, 0.25) is 0 Å². The Hall–Kier alpha value is -2.02. The zero-order valence-electron chi connectivity index (χ0n) is 14.0. The third-order valence-electron chi connectivity index (χ3n) is 4.30. The highest BCUT2D eigenvalue weighted by Gasteiger charge is 2.21. The second kappa shape index (κ2) is 7.07. The highest BCUT2D eigenvalue weighted by Crippen LogP contribution is 2.29. The Morgan fingerprint density at radius 3 is 3.08 bits per heavy atom. The number of aromatic nitrogens is 1. The number of thiophene rings is 1. The Kier molecular flexibility index (Phi) is 4.65. The molecule has 1 amide bonds. The summed E-state index contributed by atoms with van der Waals surface area (Å²) in [6.07, 6.45) is 0.936. The van der Waals surface area contributed by atoms with Crippen LogP contribution in [0.5, 0.6) is 0 Å². The van der Waals surface area contributed by atoms with E-state index in [-0.39, 0.29) is 5.91 Å². The van der Waals surface area contributed by atoms with Crippen LogP contribution in [0.1, 0.15) is 32.1 Å². The Labute approximate surface area is 155 Å². The number of benzene rings is 1. The molecule has 0 aliphatic carbocycles. The maximum absolute atomic E-state index is 12.2. The van der Waals surface area contributed by atoms with Gasteiger partial charge in [-0.05, 0) is 23.9 Å². The first-order valence-corrected chi connectivity index (χ1v) is 10.0. The van der Waals surface area contributed by atoms with Gasteiger partial charge in [-0.25, -0.2) is 4.98 Å². The lowest BCUT2D eigenvalue weighted by atomic mass is 10.1. The van der Waals surface area contributed by atoms with Crippen LogP contribution in [-0.4, -0.2) is 22.3 Å². The predicted octanol–water partition coefficient (Wildman–Crippen LogP) is 4.32. The fourth-order valence-corrected chi connectivity index (χ4v) is 4.75. The number of hydrogen-bond donors (Lipinski definition) is 1. The number of fused-ring (bicyclic) bond motifs is 1. The summed E-state index contributed by atoms with van der Waals surface area (Å²) in [4.78, 5) is 20.5. The Bertz CT molecular complexity index is 886.